The van der Waals surface area contributed by atoms with Gasteiger partial charge in [0.1, 0.15) is 23.5 Å². The number of aryl methyl sites for hydroxylation is 1. The monoisotopic (exact) mass is 356 g/mol. The molecule has 130 valence electrons. The lowest BCUT2D eigenvalue weighted by Crippen LogP contribution is -2.44. The van der Waals surface area contributed by atoms with E-state index in [-0.39, 0.29) is 30.4 Å². The van der Waals surface area contributed by atoms with Gasteiger partial charge < -0.3 is 15.8 Å². The molecule has 8 nitrogen and oxygen atoms in total. The molecular weight excluding hydrogens is 339 g/mol. The van der Waals surface area contributed by atoms with E-state index in [0.29, 0.717) is 24.2 Å². The van der Waals surface area contributed by atoms with E-state index in [9.17, 15) is 9.18 Å². The molecule has 1 aliphatic rings. The second-order valence-electron chi connectivity index (χ2n) is 5.33. The molecule has 1 amide bonds. The van der Waals surface area contributed by atoms with Crippen molar-refractivity contribution in [1.29, 1.82) is 0 Å². The maximum Gasteiger partial charge on any atom is 0.254 e. The van der Waals surface area contributed by atoms with E-state index in [1.165, 1.54) is 17.1 Å². The molecule has 0 spiro atoms. The Balaban J connectivity index is 0.00000208. The van der Waals surface area contributed by atoms with Crippen LogP contribution in [0.15, 0.2) is 18.5 Å². The van der Waals surface area contributed by atoms with Crippen molar-refractivity contribution < 1.29 is 13.9 Å². The minimum Gasteiger partial charge on any atom is -0.471 e. The summed E-state index contributed by atoms with van der Waals surface area (Å²) in [4.78, 5) is 17.2. The van der Waals surface area contributed by atoms with Crippen molar-refractivity contribution in [2.45, 2.75) is 18.7 Å². The van der Waals surface area contributed by atoms with E-state index >= 15 is 0 Å². The van der Waals surface area contributed by atoms with Gasteiger partial charge in [0.05, 0.1) is 6.20 Å². The van der Waals surface area contributed by atoms with E-state index in [0.717, 1.165) is 0 Å². The van der Waals surface area contributed by atoms with E-state index in [4.69, 9.17) is 10.5 Å². The standard InChI is InChI=1S/C14H17FN6O2.ClH/c1-21-19-7-11(20-21)8-4-9(13(16)22)14(18-5-8)23-12-2-3-17-6-10(12)15;/h4-5,7,10,12,17H,2-3,6H2,1H3,(H2,16,22);1H/t10-,12-;/m1./s1. The highest BCUT2D eigenvalue weighted by Gasteiger charge is 2.28. The van der Waals surface area contributed by atoms with Crippen molar-refractivity contribution in [3.05, 3.63) is 24.0 Å². The summed E-state index contributed by atoms with van der Waals surface area (Å²) in [5, 5.41) is 11.0. The van der Waals surface area contributed by atoms with Gasteiger partial charge in [-0.05, 0) is 19.0 Å². The van der Waals surface area contributed by atoms with Crippen LogP contribution < -0.4 is 15.8 Å². The number of nitrogens with two attached hydrogens (primary N) is 1. The number of carbonyl (C=O) groups excluding carboxylic acids is 1. The predicted octanol–water partition coefficient (Wildman–Crippen LogP) is 0.477. The third-order valence-corrected chi connectivity index (χ3v) is 3.62. The van der Waals surface area contributed by atoms with Gasteiger partial charge in [-0.1, -0.05) is 0 Å². The molecule has 0 aromatic carbocycles. The summed E-state index contributed by atoms with van der Waals surface area (Å²) in [7, 11) is 1.68. The molecule has 2 aromatic heterocycles. The summed E-state index contributed by atoms with van der Waals surface area (Å²) in [6.45, 7) is 0.864. The number of amides is 1. The molecular formula is C14H18ClFN6O2. The van der Waals surface area contributed by atoms with Gasteiger partial charge in [-0.3, -0.25) is 4.79 Å². The van der Waals surface area contributed by atoms with Crippen LogP contribution in [0.4, 0.5) is 4.39 Å². The molecule has 1 saturated heterocycles. The first-order valence-electron chi connectivity index (χ1n) is 7.22. The zero-order chi connectivity index (χ0) is 16.4. The number of primary amides is 1. The van der Waals surface area contributed by atoms with Crippen molar-refractivity contribution in [2.24, 2.45) is 12.8 Å². The summed E-state index contributed by atoms with van der Waals surface area (Å²) in [6.07, 6.45) is 1.73. The third-order valence-electron chi connectivity index (χ3n) is 3.62. The van der Waals surface area contributed by atoms with Crippen LogP contribution in [-0.2, 0) is 7.05 Å². The number of ether oxygens (including phenoxy) is 1. The highest BCUT2D eigenvalue weighted by molar-refractivity contribution is 5.96. The summed E-state index contributed by atoms with van der Waals surface area (Å²) in [5.74, 6) is -0.651. The number of hydrogen-bond acceptors (Lipinski definition) is 6. The lowest BCUT2D eigenvalue weighted by molar-refractivity contribution is 0.0676. The lowest BCUT2D eigenvalue weighted by Gasteiger charge is -2.27. The first-order valence-corrected chi connectivity index (χ1v) is 7.22. The second-order valence-corrected chi connectivity index (χ2v) is 5.33. The minimum absolute atomic E-state index is 0. The number of hydrogen-bond donors (Lipinski definition) is 2. The third kappa shape index (κ3) is 3.80. The van der Waals surface area contributed by atoms with Gasteiger partial charge in [0.15, 0.2) is 0 Å². The molecule has 1 fully saturated rings. The summed E-state index contributed by atoms with van der Waals surface area (Å²) < 4.78 is 19.4. The van der Waals surface area contributed by atoms with Gasteiger partial charge in [0, 0.05) is 25.4 Å². The average molecular weight is 357 g/mol. The molecule has 0 aliphatic carbocycles. The van der Waals surface area contributed by atoms with Crippen molar-refractivity contribution in [3.8, 4) is 17.1 Å². The van der Waals surface area contributed by atoms with Crippen LogP contribution in [0.3, 0.4) is 0 Å². The molecule has 24 heavy (non-hydrogen) atoms. The SMILES string of the molecule is Cl.Cn1ncc(-c2cnc(O[C@@H]3CCNC[C@H]3F)c(C(N)=O)c2)n1. The number of nitrogens with zero attached hydrogens (tertiary/aromatic N) is 4. The van der Waals surface area contributed by atoms with Crippen LogP contribution >= 0.6 is 12.4 Å². The maximum absolute atomic E-state index is 13.9. The average Bonchev–Trinajstić information content (AvgIpc) is 2.96. The molecule has 10 heteroatoms. The number of nitrogens with one attached hydrogen (secondary N) is 1. The Morgan fingerprint density at radius 1 is 1.50 bits per heavy atom. The Hall–Kier alpha value is -2.26. The van der Waals surface area contributed by atoms with Crippen molar-refractivity contribution in [3.63, 3.8) is 0 Å². The fourth-order valence-electron chi connectivity index (χ4n) is 2.41. The maximum atomic E-state index is 13.9. The van der Waals surface area contributed by atoms with E-state index in [1.54, 1.807) is 13.2 Å². The number of rotatable bonds is 4. The molecule has 1 aliphatic heterocycles. The van der Waals surface area contributed by atoms with Gasteiger partial charge in [-0.25, -0.2) is 9.37 Å². The summed E-state index contributed by atoms with van der Waals surface area (Å²) in [6, 6.07) is 1.53. The number of alkyl halides is 1. The highest BCUT2D eigenvalue weighted by atomic mass is 35.5. The first-order chi connectivity index (χ1) is 11.0. The summed E-state index contributed by atoms with van der Waals surface area (Å²) in [5.41, 5.74) is 6.64. The van der Waals surface area contributed by atoms with Crippen LogP contribution in [0.2, 0.25) is 0 Å². The molecule has 0 radical (unpaired) electrons. The molecule has 3 rings (SSSR count). The highest BCUT2D eigenvalue weighted by Crippen LogP contribution is 2.25. The molecule has 3 N–H and O–H groups in total. The summed E-state index contributed by atoms with van der Waals surface area (Å²) >= 11 is 0. The first kappa shape index (κ1) is 18.1. The zero-order valence-electron chi connectivity index (χ0n) is 13.0. The lowest BCUT2D eigenvalue weighted by atomic mass is 10.1. The van der Waals surface area contributed by atoms with Gasteiger partial charge in [0.2, 0.25) is 5.88 Å². The quantitative estimate of drug-likeness (QED) is 0.824. The van der Waals surface area contributed by atoms with Gasteiger partial charge in [-0.15, -0.1) is 12.4 Å². The number of carbonyl (C=O) groups is 1. The van der Waals surface area contributed by atoms with Crippen LogP contribution in [0.5, 0.6) is 5.88 Å². The molecule has 2 aromatic rings. The van der Waals surface area contributed by atoms with Gasteiger partial charge in [-0.2, -0.15) is 15.0 Å². The Bertz CT molecular complexity index is 725. The Morgan fingerprint density at radius 3 is 2.92 bits per heavy atom. The van der Waals surface area contributed by atoms with Crippen molar-refractivity contribution in [2.75, 3.05) is 13.1 Å². The van der Waals surface area contributed by atoms with Crippen LogP contribution in [0, 0.1) is 0 Å². The number of piperidine rings is 1. The normalized spacial score (nSPS) is 20.2. The molecule has 2 atom stereocenters. The molecule has 0 bridgehead atoms. The smallest absolute Gasteiger partial charge is 0.254 e. The molecule has 3 heterocycles. The Kier molecular flexibility index (Phi) is 5.68. The van der Waals surface area contributed by atoms with Crippen molar-refractivity contribution in [1.82, 2.24) is 25.3 Å². The van der Waals surface area contributed by atoms with Crippen molar-refractivity contribution >= 4 is 18.3 Å². The fourth-order valence-corrected chi connectivity index (χ4v) is 2.41. The van der Waals surface area contributed by atoms with Crippen LogP contribution in [0.1, 0.15) is 16.8 Å². The number of aromatic nitrogens is 4. The Morgan fingerprint density at radius 2 is 2.29 bits per heavy atom. The Labute approximate surface area is 144 Å². The van der Waals surface area contributed by atoms with E-state index < -0.39 is 18.2 Å². The minimum atomic E-state index is -1.16. The second kappa shape index (κ2) is 7.54. The van der Waals surface area contributed by atoms with E-state index in [2.05, 4.69) is 20.5 Å². The van der Waals surface area contributed by atoms with Crippen LogP contribution in [-0.4, -0.2) is 51.3 Å². The van der Waals surface area contributed by atoms with Crippen LogP contribution in [0.25, 0.3) is 11.3 Å². The predicted molar refractivity (Wildman–Crippen MR) is 86.8 cm³/mol. The number of halogens is 2. The topological polar surface area (TPSA) is 108 Å². The number of pyridine rings is 1. The zero-order valence-corrected chi connectivity index (χ0v) is 13.8. The largest absolute Gasteiger partial charge is 0.471 e. The van der Waals surface area contributed by atoms with Gasteiger partial charge >= 0.3 is 0 Å². The fraction of sp³-hybridized carbons (Fsp3) is 0.429. The molecule has 0 unspecified atom stereocenters. The van der Waals surface area contributed by atoms with E-state index in [1.807, 2.05) is 0 Å². The van der Waals surface area contributed by atoms with Gasteiger partial charge in [0.25, 0.3) is 5.91 Å². The molecule has 0 saturated carbocycles.